The highest BCUT2D eigenvalue weighted by Crippen LogP contribution is 2.40. The van der Waals surface area contributed by atoms with Gasteiger partial charge in [-0.1, -0.05) is 36.4 Å². The quantitative estimate of drug-likeness (QED) is 0.813. The normalized spacial score (nSPS) is 14.9. The van der Waals surface area contributed by atoms with Gasteiger partial charge in [0.2, 0.25) is 5.91 Å². The van der Waals surface area contributed by atoms with Gasteiger partial charge in [0, 0.05) is 13.2 Å². The predicted octanol–water partition coefficient (Wildman–Crippen LogP) is 1.75. The molecular formula is C19H25N3O2. The van der Waals surface area contributed by atoms with Gasteiger partial charge in [-0.25, -0.2) is 0 Å². The fourth-order valence-corrected chi connectivity index (χ4v) is 2.96. The van der Waals surface area contributed by atoms with Gasteiger partial charge in [-0.15, -0.1) is 0 Å². The van der Waals surface area contributed by atoms with Crippen LogP contribution < -0.4 is 5.32 Å². The van der Waals surface area contributed by atoms with Crippen molar-refractivity contribution in [2.45, 2.75) is 17.9 Å². The van der Waals surface area contributed by atoms with Crippen molar-refractivity contribution in [3.05, 3.63) is 66.0 Å². The summed E-state index contributed by atoms with van der Waals surface area (Å²) in [6, 6.07) is 14.8. The van der Waals surface area contributed by atoms with E-state index in [-0.39, 0.29) is 5.91 Å². The van der Waals surface area contributed by atoms with Crippen LogP contribution in [0.15, 0.2) is 54.7 Å². The molecule has 1 amide bonds. The van der Waals surface area contributed by atoms with E-state index in [0.29, 0.717) is 18.7 Å². The van der Waals surface area contributed by atoms with Gasteiger partial charge in [0.05, 0.1) is 5.69 Å². The molecule has 0 bridgehead atoms. The summed E-state index contributed by atoms with van der Waals surface area (Å²) in [5.41, 5.74) is 0.169. The SMILES string of the molecule is CNC(=O)C(CCN(C)C)(c1ccccc1)C(O)c1ccccn1. The third-order valence-electron chi connectivity index (χ3n) is 4.31. The average Bonchev–Trinajstić information content (AvgIpc) is 2.63. The number of nitrogens with zero attached hydrogens (tertiary/aromatic N) is 2. The van der Waals surface area contributed by atoms with Crippen LogP contribution >= 0.6 is 0 Å². The van der Waals surface area contributed by atoms with E-state index >= 15 is 0 Å². The van der Waals surface area contributed by atoms with Crippen LogP contribution in [0.25, 0.3) is 0 Å². The molecule has 2 atom stereocenters. The summed E-state index contributed by atoms with van der Waals surface area (Å²) in [6.45, 7) is 0.659. The zero-order chi connectivity index (χ0) is 17.6. The van der Waals surface area contributed by atoms with E-state index in [4.69, 9.17) is 0 Å². The lowest BCUT2D eigenvalue weighted by Gasteiger charge is -2.37. The molecule has 0 radical (unpaired) electrons. The summed E-state index contributed by atoms with van der Waals surface area (Å²) in [6.07, 6.45) is 1.06. The first kappa shape index (κ1) is 18.1. The van der Waals surface area contributed by atoms with Gasteiger partial charge in [-0.05, 0) is 44.8 Å². The molecule has 24 heavy (non-hydrogen) atoms. The van der Waals surface area contributed by atoms with Gasteiger partial charge in [-0.2, -0.15) is 0 Å². The summed E-state index contributed by atoms with van der Waals surface area (Å²) in [5, 5.41) is 13.9. The second kappa shape index (κ2) is 8.04. The molecule has 128 valence electrons. The number of benzene rings is 1. The van der Waals surface area contributed by atoms with Gasteiger partial charge in [-0.3, -0.25) is 9.78 Å². The summed E-state index contributed by atoms with van der Waals surface area (Å²) in [4.78, 5) is 19.2. The highest BCUT2D eigenvalue weighted by molar-refractivity contribution is 5.89. The number of carbonyl (C=O) groups is 1. The van der Waals surface area contributed by atoms with Gasteiger partial charge in [0.1, 0.15) is 11.5 Å². The second-order valence-electron chi connectivity index (χ2n) is 6.13. The molecule has 0 aliphatic carbocycles. The number of pyridine rings is 1. The molecule has 0 saturated heterocycles. The van der Waals surface area contributed by atoms with E-state index < -0.39 is 11.5 Å². The van der Waals surface area contributed by atoms with E-state index in [0.717, 1.165) is 5.56 Å². The molecule has 1 aromatic carbocycles. The largest absolute Gasteiger partial charge is 0.385 e. The van der Waals surface area contributed by atoms with Crippen molar-refractivity contribution in [2.24, 2.45) is 0 Å². The van der Waals surface area contributed by atoms with E-state index in [1.807, 2.05) is 55.4 Å². The molecule has 2 aromatic rings. The molecule has 0 fully saturated rings. The van der Waals surface area contributed by atoms with Crippen LogP contribution in [0.4, 0.5) is 0 Å². The summed E-state index contributed by atoms with van der Waals surface area (Å²) in [5.74, 6) is -0.214. The van der Waals surface area contributed by atoms with Gasteiger partial charge in [0.25, 0.3) is 0 Å². The number of amides is 1. The van der Waals surface area contributed by atoms with Crippen LogP contribution in [0.2, 0.25) is 0 Å². The zero-order valence-corrected chi connectivity index (χ0v) is 14.4. The highest BCUT2D eigenvalue weighted by Gasteiger charge is 2.47. The minimum absolute atomic E-state index is 0.214. The van der Waals surface area contributed by atoms with Crippen molar-refractivity contribution in [2.75, 3.05) is 27.7 Å². The number of aliphatic hydroxyl groups is 1. The van der Waals surface area contributed by atoms with E-state index in [1.165, 1.54) is 0 Å². The van der Waals surface area contributed by atoms with Gasteiger partial charge >= 0.3 is 0 Å². The lowest BCUT2D eigenvalue weighted by molar-refractivity contribution is -0.132. The molecule has 2 N–H and O–H groups in total. The monoisotopic (exact) mass is 327 g/mol. The van der Waals surface area contributed by atoms with E-state index in [9.17, 15) is 9.90 Å². The molecular weight excluding hydrogens is 302 g/mol. The Labute approximate surface area is 143 Å². The topological polar surface area (TPSA) is 65.5 Å². The zero-order valence-electron chi connectivity index (χ0n) is 14.4. The van der Waals surface area contributed by atoms with Crippen LogP contribution in [-0.2, 0) is 10.2 Å². The molecule has 5 heteroatoms. The number of aromatic nitrogens is 1. The van der Waals surface area contributed by atoms with Gasteiger partial charge in [0.15, 0.2) is 0 Å². The molecule has 2 rings (SSSR count). The number of hydrogen-bond acceptors (Lipinski definition) is 4. The molecule has 2 unspecified atom stereocenters. The Balaban J connectivity index is 2.58. The van der Waals surface area contributed by atoms with Crippen molar-refractivity contribution >= 4 is 5.91 Å². The first-order chi connectivity index (χ1) is 11.5. The Bertz CT molecular complexity index is 646. The van der Waals surface area contributed by atoms with Crippen LogP contribution in [-0.4, -0.2) is 48.6 Å². The van der Waals surface area contributed by atoms with E-state index in [2.05, 4.69) is 10.3 Å². The molecule has 0 spiro atoms. The maximum atomic E-state index is 12.9. The van der Waals surface area contributed by atoms with Crippen LogP contribution in [0, 0.1) is 0 Å². The first-order valence-corrected chi connectivity index (χ1v) is 8.04. The predicted molar refractivity (Wildman–Crippen MR) is 94.6 cm³/mol. The summed E-state index contributed by atoms with van der Waals surface area (Å²) >= 11 is 0. The lowest BCUT2D eigenvalue weighted by atomic mass is 9.70. The van der Waals surface area contributed by atoms with Crippen molar-refractivity contribution in [3.63, 3.8) is 0 Å². The molecule has 5 nitrogen and oxygen atoms in total. The molecule has 1 heterocycles. The average molecular weight is 327 g/mol. The number of aliphatic hydroxyl groups excluding tert-OH is 1. The number of rotatable bonds is 7. The smallest absolute Gasteiger partial charge is 0.233 e. The number of carbonyl (C=O) groups excluding carboxylic acids is 1. The number of nitrogens with one attached hydrogen (secondary N) is 1. The molecule has 1 aromatic heterocycles. The van der Waals surface area contributed by atoms with Crippen LogP contribution in [0.1, 0.15) is 23.8 Å². The third kappa shape index (κ3) is 3.63. The fourth-order valence-electron chi connectivity index (χ4n) is 2.96. The fraction of sp³-hybridized carbons (Fsp3) is 0.368. The Kier molecular flexibility index (Phi) is 6.06. The standard InChI is InChI=1S/C19H25N3O2/c1-20-18(24)19(12-14-22(2)3,15-9-5-4-6-10-15)17(23)16-11-7-8-13-21-16/h4-11,13,17,23H,12,14H2,1-3H3,(H,20,24). The van der Waals surface area contributed by atoms with Crippen molar-refractivity contribution in [3.8, 4) is 0 Å². The maximum absolute atomic E-state index is 12.9. The van der Waals surface area contributed by atoms with Crippen LogP contribution in [0.3, 0.4) is 0 Å². The van der Waals surface area contributed by atoms with Crippen molar-refractivity contribution in [1.82, 2.24) is 15.2 Å². The van der Waals surface area contributed by atoms with E-state index in [1.54, 1.807) is 25.4 Å². The molecule has 0 aliphatic heterocycles. The minimum atomic E-state index is -1.10. The summed E-state index contributed by atoms with van der Waals surface area (Å²) < 4.78 is 0. The van der Waals surface area contributed by atoms with Gasteiger partial charge < -0.3 is 15.3 Å². The number of hydrogen-bond donors (Lipinski definition) is 2. The van der Waals surface area contributed by atoms with Crippen molar-refractivity contribution in [1.29, 1.82) is 0 Å². The van der Waals surface area contributed by atoms with Crippen molar-refractivity contribution < 1.29 is 9.90 Å². The molecule has 0 saturated carbocycles. The maximum Gasteiger partial charge on any atom is 0.233 e. The Morgan fingerprint density at radius 2 is 1.88 bits per heavy atom. The number of likely N-dealkylation sites (N-methyl/N-ethyl adjacent to an activating group) is 1. The Morgan fingerprint density at radius 3 is 2.42 bits per heavy atom. The third-order valence-corrected chi connectivity index (χ3v) is 4.31. The minimum Gasteiger partial charge on any atom is -0.385 e. The lowest BCUT2D eigenvalue weighted by Crippen LogP contribution is -2.49. The first-order valence-electron chi connectivity index (χ1n) is 8.04. The second-order valence-corrected chi connectivity index (χ2v) is 6.13. The van der Waals surface area contributed by atoms with Crippen LogP contribution in [0.5, 0.6) is 0 Å². The Hall–Kier alpha value is -2.24. The highest BCUT2D eigenvalue weighted by atomic mass is 16.3. The Morgan fingerprint density at radius 1 is 1.21 bits per heavy atom. The summed E-state index contributed by atoms with van der Waals surface area (Å²) in [7, 11) is 5.50. The molecule has 0 aliphatic rings.